The number of fused-ring (bicyclic) bond motifs is 1. The van der Waals surface area contributed by atoms with Gasteiger partial charge in [-0.05, 0) is 36.4 Å². The molecule has 0 saturated carbocycles. The lowest BCUT2D eigenvalue weighted by molar-refractivity contribution is -0.108. The molecule has 4 rings (SSSR count). The standard InChI is InChI=1S/C20H13BrO3/c21-15-10-12-16(13-11-15)23-20(14-6-2-1-3-7-14)18-9-5-4-8-17(18)19(22)24-20/h1-13H/t20-/m1/s1. The average Bonchev–Trinajstić information content (AvgIpc) is 2.91. The molecular weight excluding hydrogens is 368 g/mol. The second kappa shape index (κ2) is 5.80. The molecule has 1 atom stereocenters. The zero-order valence-corrected chi connectivity index (χ0v) is 14.2. The number of halogens is 1. The van der Waals surface area contributed by atoms with Crippen LogP contribution >= 0.6 is 15.9 Å². The summed E-state index contributed by atoms with van der Waals surface area (Å²) in [7, 11) is 0. The molecule has 0 aromatic heterocycles. The molecule has 24 heavy (non-hydrogen) atoms. The highest BCUT2D eigenvalue weighted by molar-refractivity contribution is 9.10. The largest absolute Gasteiger partial charge is 0.444 e. The molecule has 0 fully saturated rings. The molecule has 0 unspecified atom stereocenters. The highest BCUT2D eigenvalue weighted by atomic mass is 79.9. The van der Waals surface area contributed by atoms with E-state index in [1.807, 2.05) is 72.8 Å². The highest BCUT2D eigenvalue weighted by Gasteiger charge is 2.49. The average molecular weight is 381 g/mol. The number of esters is 1. The summed E-state index contributed by atoms with van der Waals surface area (Å²) < 4.78 is 13.0. The van der Waals surface area contributed by atoms with Gasteiger partial charge in [0, 0.05) is 10.0 Å². The van der Waals surface area contributed by atoms with Crippen LogP contribution < -0.4 is 4.74 Å². The molecule has 3 nitrogen and oxygen atoms in total. The van der Waals surface area contributed by atoms with E-state index in [1.54, 1.807) is 6.07 Å². The number of benzene rings is 3. The van der Waals surface area contributed by atoms with Gasteiger partial charge < -0.3 is 9.47 Å². The van der Waals surface area contributed by atoms with Crippen LogP contribution in [-0.4, -0.2) is 5.97 Å². The molecule has 0 amide bonds. The minimum absolute atomic E-state index is 0.383. The second-order valence-electron chi connectivity index (χ2n) is 5.47. The van der Waals surface area contributed by atoms with E-state index in [0.717, 1.165) is 10.0 Å². The Bertz CT molecular complexity index is 890. The molecule has 1 aliphatic heterocycles. The van der Waals surface area contributed by atoms with Crippen LogP contribution in [0.25, 0.3) is 0 Å². The van der Waals surface area contributed by atoms with E-state index in [4.69, 9.17) is 9.47 Å². The van der Waals surface area contributed by atoms with Gasteiger partial charge in [0.05, 0.1) is 11.1 Å². The van der Waals surface area contributed by atoms with Crippen LogP contribution in [0, 0.1) is 0 Å². The first-order valence-corrected chi connectivity index (χ1v) is 8.31. The predicted molar refractivity (Wildman–Crippen MR) is 93.8 cm³/mol. The Morgan fingerprint density at radius 3 is 2.25 bits per heavy atom. The fourth-order valence-corrected chi connectivity index (χ4v) is 3.13. The first kappa shape index (κ1) is 15.0. The minimum atomic E-state index is -1.28. The third-order valence-corrected chi connectivity index (χ3v) is 4.50. The Morgan fingerprint density at radius 2 is 1.50 bits per heavy atom. The van der Waals surface area contributed by atoms with Crippen molar-refractivity contribution in [3.63, 3.8) is 0 Å². The van der Waals surface area contributed by atoms with E-state index in [1.165, 1.54) is 0 Å². The lowest BCUT2D eigenvalue weighted by Crippen LogP contribution is -2.34. The van der Waals surface area contributed by atoms with Crippen molar-refractivity contribution in [2.75, 3.05) is 0 Å². The second-order valence-corrected chi connectivity index (χ2v) is 6.39. The number of rotatable bonds is 3. The van der Waals surface area contributed by atoms with Gasteiger partial charge in [-0.15, -0.1) is 0 Å². The van der Waals surface area contributed by atoms with Gasteiger partial charge in [-0.3, -0.25) is 0 Å². The monoisotopic (exact) mass is 380 g/mol. The molecule has 0 bridgehead atoms. The van der Waals surface area contributed by atoms with E-state index in [9.17, 15) is 4.79 Å². The van der Waals surface area contributed by atoms with E-state index < -0.39 is 5.79 Å². The predicted octanol–water partition coefficient (Wildman–Crippen LogP) is 4.90. The van der Waals surface area contributed by atoms with Crippen LogP contribution in [0.15, 0.2) is 83.3 Å². The molecule has 0 radical (unpaired) electrons. The maximum absolute atomic E-state index is 12.4. The van der Waals surface area contributed by atoms with Crippen LogP contribution in [0.1, 0.15) is 21.5 Å². The van der Waals surface area contributed by atoms with Crippen molar-refractivity contribution in [1.82, 2.24) is 0 Å². The Labute approximate surface area is 148 Å². The number of carbonyl (C=O) groups is 1. The summed E-state index contributed by atoms with van der Waals surface area (Å²) in [6, 6.07) is 24.3. The first-order chi connectivity index (χ1) is 11.7. The summed E-state index contributed by atoms with van der Waals surface area (Å²) in [5.74, 6) is -1.04. The molecule has 0 N–H and O–H groups in total. The number of cyclic esters (lactones) is 1. The third kappa shape index (κ3) is 2.39. The number of hydrogen-bond donors (Lipinski definition) is 0. The van der Waals surface area contributed by atoms with Crippen LogP contribution in [0.3, 0.4) is 0 Å². The van der Waals surface area contributed by atoms with Gasteiger partial charge in [0.15, 0.2) is 0 Å². The Kier molecular flexibility index (Phi) is 3.62. The molecule has 3 aromatic rings. The van der Waals surface area contributed by atoms with Gasteiger partial charge in [0.1, 0.15) is 5.75 Å². The molecule has 0 aliphatic carbocycles. The van der Waals surface area contributed by atoms with E-state index in [0.29, 0.717) is 16.9 Å². The Balaban J connectivity index is 1.89. The van der Waals surface area contributed by atoms with Crippen molar-refractivity contribution in [3.05, 3.63) is 100 Å². The van der Waals surface area contributed by atoms with Gasteiger partial charge in [0.2, 0.25) is 0 Å². The van der Waals surface area contributed by atoms with Gasteiger partial charge in [0.25, 0.3) is 0 Å². The van der Waals surface area contributed by atoms with Gasteiger partial charge >= 0.3 is 11.8 Å². The van der Waals surface area contributed by atoms with Crippen molar-refractivity contribution in [2.24, 2.45) is 0 Å². The molecule has 0 saturated heterocycles. The SMILES string of the molecule is O=C1O[C@](Oc2ccc(Br)cc2)(c2ccccc2)c2ccccc21. The van der Waals surface area contributed by atoms with Crippen LogP contribution in [0.2, 0.25) is 0 Å². The van der Waals surface area contributed by atoms with E-state index in [2.05, 4.69) is 15.9 Å². The van der Waals surface area contributed by atoms with Gasteiger partial charge in [-0.1, -0.05) is 58.4 Å². The lowest BCUT2D eigenvalue weighted by atomic mass is 9.95. The number of carbonyl (C=O) groups excluding carboxylic acids is 1. The fraction of sp³-hybridized carbons (Fsp3) is 0.0500. The van der Waals surface area contributed by atoms with Crippen LogP contribution in [0.4, 0.5) is 0 Å². The smallest absolute Gasteiger partial charge is 0.342 e. The number of ether oxygens (including phenoxy) is 2. The zero-order valence-electron chi connectivity index (χ0n) is 12.6. The highest BCUT2D eigenvalue weighted by Crippen LogP contribution is 2.43. The molecular formula is C20H13BrO3. The van der Waals surface area contributed by atoms with E-state index in [-0.39, 0.29) is 5.97 Å². The Morgan fingerprint density at radius 1 is 0.833 bits per heavy atom. The third-order valence-electron chi connectivity index (χ3n) is 3.97. The molecule has 3 aromatic carbocycles. The summed E-state index contributed by atoms with van der Waals surface area (Å²) in [5.41, 5.74) is 2.01. The van der Waals surface area contributed by atoms with Crippen LogP contribution in [0.5, 0.6) is 5.75 Å². The van der Waals surface area contributed by atoms with E-state index >= 15 is 0 Å². The Hall–Kier alpha value is -2.59. The fourth-order valence-electron chi connectivity index (χ4n) is 2.86. The lowest BCUT2D eigenvalue weighted by Gasteiger charge is -2.30. The first-order valence-electron chi connectivity index (χ1n) is 7.52. The summed E-state index contributed by atoms with van der Waals surface area (Å²) in [6.07, 6.45) is 0. The maximum atomic E-state index is 12.4. The maximum Gasteiger partial charge on any atom is 0.342 e. The molecule has 1 heterocycles. The molecule has 1 aliphatic rings. The van der Waals surface area contributed by atoms with Gasteiger partial charge in [-0.2, -0.15) is 0 Å². The van der Waals surface area contributed by atoms with Gasteiger partial charge in [-0.25, -0.2) is 4.79 Å². The summed E-state index contributed by atoms with van der Waals surface area (Å²) in [6.45, 7) is 0. The zero-order chi connectivity index (χ0) is 16.6. The van der Waals surface area contributed by atoms with Crippen molar-refractivity contribution < 1.29 is 14.3 Å². The van der Waals surface area contributed by atoms with Crippen molar-refractivity contribution >= 4 is 21.9 Å². The number of hydrogen-bond acceptors (Lipinski definition) is 3. The topological polar surface area (TPSA) is 35.5 Å². The summed E-state index contributed by atoms with van der Waals surface area (Å²) in [5, 5.41) is 0. The quantitative estimate of drug-likeness (QED) is 0.606. The van der Waals surface area contributed by atoms with Crippen molar-refractivity contribution in [3.8, 4) is 5.75 Å². The molecule has 4 heteroatoms. The molecule has 0 spiro atoms. The van der Waals surface area contributed by atoms with Crippen molar-refractivity contribution in [1.29, 1.82) is 0 Å². The molecule has 118 valence electrons. The summed E-state index contributed by atoms with van der Waals surface area (Å²) in [4.78, 5) is 12.4. The minimum Gasteiger partial charge on any atom is -0.444 e. The van der Waals surface area contributed by atoms with Crippen molar-refractivity contribution in [2.45, 2.75) is 5.79 Å². The summed E-state index contributed by atoms with van der Waals surface area (Å²) >= 11 is 3.41. The normalized spacial score (nSPS) is 18.8. The van der Waals surface area contributed by atoms with Crippen LogP contribution in [-0.2, 0) is 10.5 Å².